The SMILES string of the molecule is CC[SiH2][Zr]([Cl])([Cl])([CH2]CCCC[CH2][Zr]([Cl])([Cl])([SiH2]CC)([CH]1C(CC)=Cc2c(-c3ccccc3)cccc21)[CH]1C(CC)=Cc2c(-c3ccccc3)cccc21)([CH]1C(CC)=Cc2c(-c3ccccc3)cccc21)[CH]1C(CC)=Cc2c(-c3ccccc3)cccc21. The molecule has 0 nitrogen and oxygen atoms in total. The Balaban J connectivity index is 0.984. The fourth-order valence-corrected chi connectivity index (χ4v) is 132. The second-order valence-electron chi connectivity index (χ2n) is 26.7. The molecule has 0 saturated heterocycles. The van der Waals surface area contributed by atoms with Crippen LogP contribution < -0.4 is 0 Å². The molecule has 12 rings (SSSR count). The molecule has 0 spiro atoms. The third kappa shape index (κ3) is 10.1. The molecule has 0 bridgehead atoms. The van der Waals surface area contributed by atoms with Crippen LogP contribution in [0.1, 0.15) is 152 Å². The summed E-state index contributed by atoms with van der Waals surface area (Å²) in [5, 5.41) is 0. The summed E-state index contributed by atoms with van der Waals surface area (Å²) in [6, 6.07) is 74.2. The molecule has 0 amide bonds. The van der Waals surface area contributed by atoms with E-state index >= 15 is 0 Å². The van der Waals surface area contributed by atoms with Gasteiger partial charge in [0.15, 0.2) is 0 Å². The zero-order valence-electron chi connectivity index (χ0n) is 51.5. The van der Waals surface area contributed by atoms with Crippen molar-refractivity contribution in [3.63, 3.8) is 0 Å². The summed E-state index contributed by atoms with van der Waals surface area (Å²) in [4.78, 5) is 0. The molecular weight excluding hydrogens is 1320 g/mol. The Kier molecular flexibility index (Phi) is 17.2. The van der Waals surface area contributed by atoms with Gasteiger partial charge in [-0.2, -0.15) is 0 Å². The first-order valence-electron chi connectivity index (χ1n) is 32.7. The van der Waals surface area contributed by atoms with E-state index in [9.17, 15) is 34.1 Å². The second-order valence-corrected chi connectivity index (χ2v) is 132. The molecule has 8 aromatic rings. The van der Waals surface area contributed by atoms with E-state index in [1.807, 2.05) is 0 Å². The molecule has 86 heavy (non-hydrogen) atoms. The Hall–Kier alpha value is -3.92. The van der Waals surface area contributed by atoms with Gasteiger partial charge in [-0.1, -0.05) is 0 Å². The molecule has 4 unspecified atom stereocenters. The van der Waals surface area contributed by atoms with Crippen LogP contribution in [0.4, 0.5) is 0 Å². The van der Waals surface area contributed by atoms with Crippen LogP contribution in [0.15, 0.2) is 216 Å². The monoisotopic (exact) mass is 1400 g/mol. The number of benzene rings is 8. The van der Waals surface area contributed by atoms with E-state index in [2.05, 4.69) is 260 Å². The molecule has 442 valence electrons. The molecule has 0 fully saturated rings. The predicted octanol–water partition coefficient (Wildman–Crippen LogP) is 24.4. The van der Waals surface area contributed by atoms with Gasteiger partial charge in [0.1, 0.15) is 0 Å². The maximum absolute atomic E-state index is 9.79. The van der Waals surface area contributed by atoms with Gasteiger partial charge in [0, 0.05) is 0 Å². The molecule has 4 aliphatic carbocycles. The summed E-state index contributed by atoms with van der Waals surface area (Å²) in [5.41, 5.74) is 26.6. The number of allylic oxidation sites excluding steroid dienone is 4. The summed E-state index contributed by atoms with van der Waals surface area (Å²) in [7, 11) is 39.2. The maximum atomic E-state index is 9.79. The summed E-state index contributed by atoms with van der Waals surface area (Å²) in [5.74, 6) is 0. The summed E-state index contributed by atoms with van der Waals surface area (Å²) in [6.07, 6.45) is 17.8. The molecule has 0 N–H and O–H groups in total. The number of fused-ring (bicyclic) bond motifs is 4. The van der Waals surface area contributed by atoms with Crippen molar-refractivity contribution in [3.8, 4) is 44.5 Å². The van der Waals surface area contributed by atoms with Crippen molar-refractivity contribution in [2.24, 2.45) is 0 Å². The van der Waals surface area contributed by atoms with Crippen molar-refractivity contribution < 1.29 is 28.1 Å². The van der Waals surface area contributed by atoms with Crippen LogP contribution in [-0.4, -0.2) is 13.3 Å². The van der Waals surface area contributed by atoms with Crippen LogP contribution in [0, 0.1) is 0 Å². The van der Waals surface area contributed by atoms with Gasteiger partial charge in [-0.05, 0) is 0 Å². The number of rotatable bonds is 23. The number of hydrogen-bond acceptors (Lipinski definition) is 0. The van der Waals surface area contributed by atoms with Gasteiger partial charge in [0.25, 0.3) is 0 Å². The zero-order chi connectivity index (χ0) is 60.0. The average Bonchev–Trinajstić information content (AvgIpc) is 1.28. The van der Waals surface area contributed by atoms with Gasteiger partial charge in [0.05, 0.1) is 0 Å². The van der Waals surface area contributed by atoms with E-state index in [1.165, 1.54) is 111 Å². The number of hydrogen-bond donors (Lipinski definition) is 0. The van der Waals surface area contributed by atoms with E-state index in [-0.39, 0.29) is 14.5 Å². The Morgan fingerprint density at radius 3 is 0.733 bits per heavy atom. The minimum absolute atomic E-state index is 0.0118. The Morgan fingerprint density at radius 1 is 0.291 bits per heavy atom. The molecule has 0 radical (unpaired) electrons. The van der Waals surface area contributed by atoms with Gasteiger partial charge in [-0.15, -0.1) is 0 Å². The molecule has 0 aliphatic heterocycles. The van der Waals surface area contributed by atoms with Crippen LogP contribution in [0.2, 0.25) is 20.3 Å². The molecule has 4 atom stereocenters. The third-order valence-electron chi connectivity index (χ3n) is 22.0. The van der Waals surface area contributed by atoms with Crippen LogP contribution in [0.25, 0.3) is 68.8 Å². The van der Waals surface area contributed by atoms with Crippen LogP contribution in [0.5, 0.6) is 0 Å². The van der Waals surface area contributed by atoms with Crippen LogP contribution in [-0.2, 0) is 28.1 Å². The van der Waals surface area contributed by atoms with Crippen LogP contribution in [0.3, 0.4) is 0 Å². The molecule has 0 saturated carbocycles. The molecule has 0 heterocycles. The fraction of sp³-hybridized carbons (Fsp3) is 0.282. The number of halogens is 4. The Labute approximate surface area is 527 Å². The fourth-order valence-electron chi connectivity index (χ4n) is 18.9. The molecule has 8 aromatic carbocycles. The third-order valence-corrected chi connectivity index (χ3v) is 125. The predicted molar refractivity (Wildman–Crippen MR) is 381 cm³/mol. The molecular formula is C78H86Cl4Si2Zr2. The van der Waals surface area contributed by atoms with Gasteiger partial charge < -0.3 is 0 Å². The van der Waals surface area contributed by atoms with Gasteiger partial charge in [0.2, 0.25) is 0 Å². The molecule has 0 aromatic heterocycles. The summed E-state index contributed by atoms with van der Waals surface area (Å²) < 4.78 is 1.71. The Morgan fingerprint density at radius 2 is 0.523 bits per heavy atom. The normalized spacial score (nSPS) is 19.7. The first kappa shape index (κ1) is 62.3. The van der Waals surface area contributed by atoms with Crippen molar-refractivity contribution in [3.05, 3.63) is 261 Å². The van der Waals surface area contributed by atoms with Crippen molar-refractivity contribution >= 4 is 71.6 Å². The summed E-state index contributed by atoms with van der Waals surface area (Å²) in [6.45, 7) is 12.0. The van der Waals surface area contributed by atoms with E-state index in [4.69, 9.17) is 0 Å². The molecule has 4 aliphatic rings. The molecule has 8 heteroatoms. The quantitative estimate of drug-likeness (QED) is 0.0442. The van der Waals surface area contributed by atoms with Gasteiger partial charge >= 0.3 is 533 Å². The minimum atomic E-state index is -5.94. The number of unbranched alkanes of at least 4 members (excludes halogenated alkanes) is 3. The average molecular weight is 1400 g/mol. The van der Waals surface area contributed by atoms with Crippen LogP contribution >= 0.6 is 34.1 Å². The van der Waals surface area contributed by atoms with E-state index in [0.29, 0.717) is 0 Å². The summed E-state index contributed by atoms with van der Waals surface area (Å²) >= 11 is -11.9. The second kappa shape index (κ2) is 23.7. The van der Waals surface area contributed by atoms with E-state index in [0.717, 1.165) is 71.7 Å². The van der Waals surface area contributed by atoms with Gasteiger partial charge in [-0.3, -0.25) is 0 Å². The van der Waals surface area contributed by atoms with Gasteiger partial charge in [-0.25, -0.2) is 0 Å². The first-order valence-corrected chi connectivity index (χ1v) is 68.4. The Bertz CT molecular complexity index is 3530. The zero-order valence-corrected chi connectivity index (χ0v) is 62.3. The van der Waals surface area contributed by atoms with Crippen molar-refractivity contribution in [2.75, 3.05) is 0 Å². The van der Waals surface area contributed by atoms with Crippen molar-refractivity contribution in [1.29, 1.82) is 0 Å². The topological polar surface area (TPSA) is 0 Å². The first-order chi connectivity index (χ1) is 41.6. The van der Waals surface area contributed by atoms with Crippen molar-refractivity contribution in [2.45, 2.75) is 128 Å². The van der Waals surface area contributed by atoms with E-state index < -0.39 is 41.4 Å². The van der Waals surface area contributed by atoms with Crippen molar-refractivity contribution in [1.82, 2.24) is 0 Å². The van der Waals surface area contributed by atoms with E-state index in [1.54, 1.807) is 0 Å². The standard InChI is InChI=1S/4C17H15.C6H12.2C2H7Si.4ClH.2Zr/c4*1-2-13-11-15-9-6-10-16(17(15)12-13)14-7-4-3-5-8-14;1-3-5-6-4-2;2*1-2-3;;;;;;/h4*3-12H,2H2,1H3;1-6H2;2*2-3H2,1H3;4*1H;;/q;;;;;;;;;;;2*+2/p-4.